The van der Waals surface area contributed by atoms with Gasteiger partial charge in [0.1, 0.15) is 0 Å². The van der Waals surface area contributed by atoms with E-state index in [1.54, 1.807) is 0 Å². The lowest BCUT2D eigenvalue weighted by Crippen LogP contribution is -2.43. The minimum absolute atomic E-state index is 0.449. The van der Waals surface area contributed by atoms with Gasteiger partial charge in [0.25, 0.3) is 0 Å². The second kappa shape index (κ2) is 8.23. The van der Waals surface area contributed by atoms with Crippen molar-refractivity contribution in [1.82, 2.24) is 15.1 Å². The Kier molecular flexibility index (Phi) is 7.33. The maximum Gasteiger partial charge on any atom is 0.0220 e. The fourth-order valence-corrected chi connectivity index (χ4v) is 2.79. The summed E-state index contributed by atoms with van der Waals surface area (Å²) < 4.78 is 0. The van der Waals surface area contributed by atoms with Gasteiger partial charge in [-0.2, -0.15) is 0 Å². The largest absolute Gasteiger partial charge is 0.315 e. The summed E-state index contributed by atoms with van der Waals surface area (Å²) in [5, 5.41) is 3.61. The molecule has 1 aliphatic heterocycles. The molecule has 0 amide bonds. The Morgan fingerprint density at radius 1 is 1.16 bits per heavy atom. The zero-order valence-corrected chi connectivity index (χ0v) is 13.8. The predicted octanol–water partition coefficient (Wildman–Crippen LogP) is 2.43. The van der Waals surface area contributed by atoms with E-state index in [1.165, 1.54) is 45.4 Å². The van der Waals surface area contributed by atoms with Gasteiger partial charge in [-0.1, -0.05) is 27.7 Å². The Morgan fingerprint density at radius 2 is 1.89 bits per heavy atom. The molecule has 1 N–H and O–H groups in total. The second-order valence-corrected chi connectivity index (χ2v) is 7.27. The van der Waals surface area contributed by atoms with Crippen molar-refractivity contribution in [3.63, 3.8) is 0 Å². The van der Waals surface area contributed by atoms with Crippen molar-refractivity contribution in [1.29, 1.82) is 0 Å². The second-order valence-electron chi connectivity index (χ2n) is 7.27. The molecule has 0 aromatic heterocycles. The van der Waals surface area contributed by atoms with Gasteiger partial charge >= 0.3 is 0 Å². The highest BCUT2D eigenvalue weighted by molar-refractivity contribution is 4.78. The Balaban J connectivity index is 2.22. The molecule has 114 valence electrons. The van der Waals surface area contributed by atoms with Gasteiger partial charge in [-0.3, -0.25) is 4.90 Å². The maximum atomic E-state index is 3.61. The summed E-state index contributed by atoms with van der Waals surface area (Å²) in [6, 6.07) is 0.747. The molecule has 1 saturated heterocycles. The molecular formula is C16H35N3. The van der Waals surface area contributed by atoms with Crippen LogP contribution in [0.25, 0.3) is 0 Å². The van der Waals surface area contributed by atoms with Crippen LogP contribution in [0.4, 0.5) is 0 Å². The average Bonchev–Trinajstić information content (AvgIpc) is 2.49. The lowest BCUT2D eigenvalue weighted by molar-refractivity contribution is 0.183. The lowest BCUT2D eigenvalue weighted by Gasteiger charge is -2.30. The molecule has 1 fully saturated rings. The number of hydrogen-bond acceptors (Lipinski definition) is 3. The van der Waals surface area contributed by atoms with E-state index in [1.807, 2.05) is 0 Å². The van der Waals surface area contributed by atoms with E-state index in [2.05, 4.69) is 49.9 Å². The van der Waals surface area contributed by atoms with Crippen LogP contribution < -0.4 is 5.32 Å². The molecule has 19 heavy (non-hydrogen) atoms. The van der Waals surface area contributed by atoms with Crippen LogP contribution in [0.1, 0.15) is 47.0 Å². The van der Waals surface area contributed by atoms with Gasteiger partial charge < -0.3 is 10.2 Å². The van der Waals surface area contributed by atoms with Gasteiger partial charge in [0.05, 0.1) is 0 Å². The van der Waals surface area contributed by atoms with Crippen molar-refractivity contribution in [2.75, 3.05) is 46.3 Å². The maximum absolute atomic E-state index is 3.61. The lowest BCUT2D eigenvalue weighted by atomic mass is 9.92. The molecule has 3 heteroatoms. The third kappa shape index (κ3) is 7.28. The summed E-state index contributed by atoms with van der Waals surface area (Å²) in [4.78, 5) is 5.18. The Bertz CT molecular complexity index is 235. The molecular weight excluding hydrogens is 234 g/mol. The number of nitrogens with one attached hydrogen (secondary N) is 1. The Hall–Kier alpha value is -0.120. The molecule has 0 aromatic rings. The van der Waals surface area contributed by atoms with Crippen LogP contribution in [-0.4, -0.2) is 62.2 Å². The highest BCUT2D eigenvalue weighted by Crippen LogP contribution is 2.17. The van der Waals surface area contributed by atoms with Gasteiger partial charge in [-0.05, 0) is 51.4 Å². The minimum Gasteiger partial charge on any atom is -0.315 e. The van der Waals surface area contributed by atoms with Crippen LogP contribution in [0.2, 0.25) is 0 Å². The van der Waals surface area contributed by atoms with Gasteiger partial charge in [0, 0.05) is 25.7 Å². The van der Waals surface area contributed by atoms with Crippen LogP contribution in [0.5, 0.6) is 0 Å². The summed E-state index contributed by atoms with van der Waals surface area (Å²) in [6.07, 6.45) is 3.84. The quantitative estimate of drug-likeness (QED) is 0.747. The molecule has 1 rings (SSSR count). The van der Waals surface area contributed by atoms with Gasteiger partial charge in [-0.25, -0.2) is 0 Å². The van der Waals surface area contributed by atoms with E-state index in [0.29, 0.717) is 5.41 Å². The first-order valence-corrected chi connectivity index (χ1v) is 8.05. The highest BCUT2D eigenvalue weighted by Gasteiger charge is 2.21. The van der Waals surface area contributed by atoms with Crippen molar-refractivity contribution in [3.05, 3.63) is 0 Å². The zero-order chi connectivity index (χ0) is 14.3. The van der Waals surface area contributed by atoms with E-state index in [9.17, 15) is 0 Å². The Labute approximate surface area is 120 Å². The fourth-order valence-electron chi connectivity index (χ4n) is 2.79. The van der Waals surface area contributed by atoms with Gasteiger partial charge in [0.15, 0.2) is 0 Å². The third-order valence-electron chi connectivity index (χ3n) is 4.12. The third-order valence-corrected chi connectivity index (χ3v) is 4.12. The van der Waals surface area contributed by atoms with Gasteiger partial charge in [-0.15, -0.1) is 0 Å². The molecule has 1 unspecified atom stereocenters. The summed E-state index contributed by atoms with van der Waals surface area (Å²) in [6.45, 7) is 16.5. The number of likely N-dealkylation sites (N-methyl/N-ethyl adjacent to an activating group) is 1. The molecule has 0 bridgehead atoms. The molecule has 3 nitrogen and oxygen atoms in total. The molecule has 0 spiro atoms. The van der Waals surface area contributed by atoms with Crippen molar-refractivity contribution in [3.8, 4) is 0 Å². The molecule has 1 aliphatic rings. The van der Waals surface area contributed by atoms with Crippen LogP contribution in [0, 0.1) is 5.41 Å². The molecule has 1 heterocycles. The number of rotatable bonds is 6. The van der Waals surface area contributed by atoms with Crippen LogP contribution >= 0.6 is 0 Å². The first-order chi connectivity index (χ1) is 8.92. The summed E-state index contributed by atoms with van der Waals surface area (Å²) in [5.74, 6) is 0. The predicted molar refractivity (Wildman–Crippen MR) is 84.7 cm³/mol. The molecule has 0 saturated carbocycles. The summed E-state index contributed by atoms with van der Waals surface area (Å²) in [5.41, 5.74) is 0.449. The monoisotopic (exact) mass is 269 g/mol. The average molecular weight is 269 g/mol. The van der Waals surface area contributed by atoms with Crippen molar-refractivity contribution < 1.29 is 0 Å². The highest BCUT2D eigenvalue weighted by atomic mass is 15.2. The van der Waals surface area contributed by atoms with E-state index in [4.69, 9.17) is 0 Å². The van der Waals surface area contributed by atoms with Crippen molar-refractivity contribution in [2.24, 2.45) is 5.41 Å². The first kappa shape index (κ1) is 16.9. The Morgan fingerprint density at radius 3 is 2.53 bits per heavy atom. The molecule has 1 atom stereocenters. The van der Waals surface area contributed by atoms with Gasteiger partial charge in [0.2, 0.25) is 0 Å². The SMILES string of the molecule is CCC1CN(C)CCCN1CCNCCC(C)(C)C. The van der Waals surface area contributed by atoms with E-state index in [-0.39, 0.29) is 0 Å². The number of hydrogen-bond donors (Lipinski definition) is 1. The molecule has 0 aliphatic carbocycles. The van der Waals surface area contributed by atoms with E-state index >= 15 is 0 Å². The van der Waals surface area contributed by atoms with Crippen molar-refractivity contribution in [2.45, 2.75) is 53.0 Å². The zero-order valence-electron chi connectivity index (χ0n) is 13.8. The van der Waals surface area contributed by atoms with E-state index < -0.39 is 0 Å². The summed E-state index contributed by atoms with van der Waals surface area (Å²) >= 11 is 0. The fraction of sp³-hybridized carbons (Fsp3) is 1.00. The van der Waals surface area contributed by atoms with Crippen LogP contribution in [-0.2, 0) is 0 Å². The summed E-state index contributed by atoms with van der Waals surface area (Å²) in [7, 11) is 2.26. The van der Waals surface area contributed by atoms with Crippen molar-refractivity contribution >= 4 is 0 Å². The van der Waals surface area contributed by atoms with Crippen LogP contribution in [0.15, 0.2) is 0 Å². The molecule has 0 radical (unpaired) electrons. The first-order valence-electron chi connectivity index (χ1n) is 8.05. The molecule has 0 aromatic carbocycles. The van der Waals surface area contributed by atoms with Crippen LogP contribution in [0.3, 0.4) is 0 Å². The topological polar surface area (TPSA) is 18.5 Å². The smallest absolute Gasteiger partial charge is 0.0220 e. The standard InChI is InChI=1S/C16H35N3/c1-6-15-14-18(5)11-7-12-19(15)13-10-17-9-8-16(2,3)4/h15,17H,6-14H2,1-5H3. The van der Waals surface area contributed by atoms with E-state index in [0.717, 1.165) is 19.1 Å². The number of nitrogens with zero attached hydrogens (tertiary/aromatic N) is 2. The normalized spacial score (nSPS) is 23.5. The minimum atomic E-state index is 0.449.